The standard InChI is InChI=1S/C17H19N5OS/c23-16(20-17-18-6-9-24-17)13-4-3-7-21(11-13)12-14-10-19-15-5-1-2-8-22(14)15/h1-2,5-6,8-10,13H,3-4,7,11-12H2,(H,18,20,23)/t13-/m0/s1. The first kappa shape index (κ1) is 15.3. The molecule has 0 aromatic carbocycles. The van der Waals surface area contributed by atoms with Gasteiger partial charge in [0.25, 0.3) is 0 Å². The van der Waals surface area contributed by atoms with E-state index in [4.69, 9.17) is 0 Å². The molecular formula is C17H19N5OS. The van der Waals surface area contributed by atoms with Crippen molar-refractivity contribution in [2.45, 2.75) is 19.4 Å². The number of fused-ring (bicyclic) bond motifs is 1. The van der Waals surface area contributed by atoms with E-state index in [2.05, 4.69) is 24.6 Å². The van der Waals surface area contributed by atoms with Gasteiger partial charge in [0.2, 0.25) is 5.91 Å². The minimum Gasteiger partial charge on any atom is -0.303 e. The summed E-state index contributed by atoms with van der Waals surface area (Å²) in [5.74, 6) is 0.0922. The molecule has 0 saturated carbocycles. The number of hydrogen-bond acceptors (Lipinski definition) is 5. The fourth-order valence-electron chi connectivity index (χ4n) is 3.24. The van der Waals surface area contributed by atoms with E-state index in [0.29, 0.717) is 5.13 Å². The van der Waals surface area contributed by atoms with Crippen LogP contribution in [0.25, 0.3) is 5.65 Å². The first-order valence-electron chi connectivity index (χ1n) is 8.13. The molecule has 1 aliphatic rings. The molecule has 4 rings (SSSR count). The Morgan fingerprint density at radius 2 is 2.33 bits per heavy atom. The van der Waals surface area contributed by atoms with Crippen LogP contribution in [0.1, 0.15) is 18.5 Å². The summed E-state index contributed by atoms with van der Waals surface area (Å²) >= 11 is 1.45. The molecule has 1 saturated heterocycles. The highest BCUT2D eigenvalue weighted by molar-refractivity contribution is 7.13. The minimum absolute atomic E-state index is 0.0156. The van der Waals surface area contributed by atoms with E-state index in [1.807, 2.05) is 36.0 Å². The summed E-state index contributed by atoms with van der Waals surface area (Å²) in [6.07, 6.45) is 7.63. The average molecular weight is 341 g/mol. The number of piperidine rings is 1. The van der Waals surface area contributed by atoms with Crippen LogP contribution in [0.15, 0.2) is 42.2 Å². The predicted octanol–water partition coefficient (Wildman–Crippen LogP) is 2.64. The minimum atomic E-state index is 0.0156. The molecule has 3 aromatic rings. The number of anilines is 1. The Kier molecular flexibility index (Phi) is 4.27. The molecule has 6 nitrogen and oxygen atoms in total. The van der Waals surface area contributed by atoms with Crippen molar-refractivity contribution in [1.29, 1.82) is 0 Å². The molecule has 1 fully saturated rings. The van der Waals surface area contributed by atoms with Gasteiger partial charge in [-0.1, -0.05) is 6.07 Å². The van der Waals surface area contributed by atoms with Gasteiger partial charge in [-0.25, -0.2) is 9.97 Å². The maximum Gasteiger partial charge on any atom is 0.230 e. The van der Waals surface area contributed by atoms with E-state index in [1.54, 1.807) is 6.20 Å². The van der Waals surface area contributed by atoms with E-state index in [-0.39, 0.29) is 11.8 Å². The van der Waals surface area contributed by atoms with Gasteiger partial charge >= 0.3 is 0 Å². The number of likely N-dealkylation sites (tertiary alicyclic amines) is 1. The molecule has 1 N–H and O–H groups in total. The highest BCUT2D eigenvalue weighted by Crippen LogP contribution is 2.21. The fraction of sp³-hybridized carbons (Fsp3) is 0.353. The van der Waals surface area contributed by atoms with Crippen molar-refractivity contribution in [2.75, 3.05) is 18.4 Å². The van der Waals surface area contributed by atoms with Crippen LogP contribution in [0.2, 0.25) is 0 Å². The summed E-state index contributed by atoms with van der Waals surface area (Å²) in [7, 11) is 0. The Bertz CT molecular complexity index is 829. The van der Waals surface area contributed by atoms with Crippen LogP contribution >= 0.6 is 11.3 Å². The molecule has 0 bridgehead atoms. The van der Waals surface area contributed by atoms with Crippen molar-refractivity contribution < 1.29 is 4.79 Å². The molecule has 1 aliphatic heterocycles. The number of nitrogens with zero attached hydrogens (tertiary/aromatic N) is 4. The Labute approximate surface area is 144 Å². The molecule has 0 unspecified atom stereocenters. The zero-order valence-electron chi connectivity index (χ0n) is 13.3. The fourth-order valence-corrected chi connectivity index (χ4v) is 3.77. The van der Waals surface area contributed by atoms with Crippen LogP contribution in [-0.2, 0) is 11.3 Å². The maximum absolute atomic E-state index is 12.4. The van der Waals surface area contributed by atoms with Crippen molar-refractivity contribution in [3.8, 4) is 0 Å². The van der Waals surface area contributed by atoms with Gasteiger partial charge in [0, 0.05) is 30.9 Å². The lowest BCUT2D eigenvalue weighted by Crippen LogP contribution is -2.40. The number of nitrogens with one attached hydrogen (secondary N) is 1. The van der Waals surface area contributed by atoms with Crippen LogP contribution < -0.4 is 5.32 Å². The van der Waals surface area contributed by atoms with E-state index in [1.165, 1.54) is 11.3 Å². The van der Waals surface area contributed by atoms with Gasteiger partial charge in [0.1, 0.15) is 5.65 Å². The predicted molar refractivity (Wildman–Crippen MR) is 93.9 cm³/mol. The number of aromatic nitrogens is 3. The SMILES string of the molecule is O=C(Nc1nccs1)[C@H]1CCCN(Cc2cnc3ccccn23)C1. The Balaban J connectivity index is 1.42. The largest absolute Gasteiger partial charge is 0.303 e. The van der Waals surface area contributed by atoms with Crippen LogP contribution in [0.4, 0.5) is 5.13 Å². The second kappa shape index (κ2) is 6.70. The summed E-state index contributed by atoms with van der Waals surface area (Å²) in [5.41, 5.74) is 2.12. The summed E-state index contributed by atoms with van der Waals surface area (Å²) in [5, 5.41) is 5.47. The molecule has 124 valence electrons. The van der Waals surface area contributed by atoms with Gasteiger partial charge in [-0.3, -0.25) is 9.69 Å². The van der Waals surface area contributed by atoms with Gasteiger partial charge in [-0.05, 0) is 31.5 Å². The molecule has 4 heterocycles. The van der Waals surface area contributed by atoms with Gasteiger partial charge in [-0.2, -0.15) is 0 Å². The number of rotatable bonds is 4. The molecule has 1 amide bonds. The molecule has 1 atom stereocenters. The zero-order valence-corrected chi connectivity index (χ0v) is 14.1. The third-order valence-electron chi connectivity index (χ3n) is 4.42. The third-order valence-corrected chi connectivity index (χ3v) is 5.11. The summed E-state index contributed by atoms with van der Waals surface area (Å²) in [6.45, 7) is 2.60. The van der Waals surface area contributed by atoms with Crippen LogP contribution in [0.3, 0.4) is 0 Å². The number of hydrogen-bond donors (Lipinski definition) is 1. The second-order valence-electron chi connectivity index (χ2n) is 6.08. The molecule has 24 heavy (non-hydrogen) atoms. The van der Waals surface area contributed by atoms with Gasteiger partial charge < -0.3 is 9.72 Å². The lowest BCUT2D eigenvalue weighted by molar-refractivity contribution is -0.121. The first-order valence-corrected chi connectivity index (χ1v) is 9.01. The second-order valence-corrected chi connectivity index (χ2v) is 6.97. The van der Waals surface area contributed by atoms with Crippen molar-refractivity contribution in [2.24, 2.45) is 5.92 Å². The number of thiazole rings is 1. The normalized spacial score (nSPS) is 18.8. The lowest BCUT2D eigenvalue weighted by atomic mass is 9.97. The molecule has 7 heteroatoms. The van der Waals surface area contributed by atoms with E-state index >= 15 is 0 Å². The van der Waals surface area contributed by atoms with Crippen molar-refractivity contribution in [1.82, 2.24) is 19.3 Å². The Morgan fingerprint density at radius 3 is 3.21 bits per heavy atom. The topological polar surface area (TPSA) is 62.5 Å². The van der Waals surface area contributed by atoms with Crippen molar-refractivity contribution in [3.63, 3.8) is 0 Å². The Morgan fingerprint density at radius 1 is 1.38 bits per heavy atom. The zero-order chi connectivity index (χ0) is 16.4. The molecule has 3 aromatic heterocycles. The van der Waals surface area contributed by atoms with E-state index < -0.39 is 0 Å². The van der Waals surface area contributed by atoms with Crippen molar-refractivity contribution in [3.05, 3.63) is 47.9 Å². The number of carbonyl (C=O) groups excluding carboxylic acids is 1. The third kappa shape index (κ3) is 3.18. The summed E-state index contributed by atoms with van der Waals surface area (Å²) in [4.78, 5) is 23.3. The summed E-state index contributed by atoms with van der Waals surface area (Å²) in [6, 6.07) is 6.01. The van der Waals surface area contributed by atoms with E-state index in [9.17, 15) is 4.79 Å². The number of carbonyl (C=O) groups is 1. The molecular weight excluding hydrogens is 322 g/mol. The molecule has 0 spiro atoms. The van der Waals surface area contributed by atoms with Crippen LogP contribution in [0, 0.1) is 5.92 Å². The lowest BCUT2D eigenvalue weighted by Gasteiger charge is -2.31. The highest BCUT2D eigenvalue weighted by Gasteiger charge is 2.26. The van der Waals surface area contributed by atoms with Crippen molar-refractivity contribution >= 4 is 28.0 Å². The number of imidazole rings is 1. The highest BCUT2D eigenvalue weighted by atomic mass is 32.1. The van der Waals surface area contributed by atoms with Crippen LogP contribution in [0.5, 0.6) is 0 Å². The van der Waals surface area contributed by atoms with E-state index in [0.717, 1.165) is 43.8 Å². The quantitative estimate of drug-likeness (QED) is 0.792. The number of amides is 1. The Hall–Kier alpha value is -2.25. The average Bonchev–Trinajstić information content (AvgIpc) is 3.26. The van der Waals surface area contributed by atoms with Crippen LogP contribution in [-0.4, -0.2) is 38.3 Å². The number of pyridine rings is 1. The monoisotopic (exact) mass is 341 g/mol. The maximum atomic E-state index is 12.4. The molecule has 0 aliphatic carbocycles. The van der Waals surface area contributed by atoms with Gasteiger partial charge in [0.05, 0.1) is 17.8 Å². The smallest absolute Gasteiger partial charge is 0.230 e. The van der Waals surface area contributed by atoms with Gasteiger partial charge in [-0.15, -0.1) is 11.3 Å². The first-order chi connectivity index (χ1) is 11.8. The molecule has 0 radical (unpaired) electrons. The summed E-state index contributed by atoms with van der Waals surface area (Å²) < 4.78 is 2.11. The van der Waals surface area contributed by atoms with Gasteiger partial charge in [0.15, 0.2) is 5.13 Å².